The standard InChI is InChI=1S/2C20H20N3.C9H5F3N3.4C9H8N3.3C8H7N4.5Pt/c2*1-19(2)14-8-9-20(19,3)18-16(14)17(22-23-18)15-10-12-6-4-5-7-13(12)11-21-15;10-9(11,12)8-5-7(14-15-8)6-3-1-2-4-13-6;4*1-7-6-9(12-11-7)8-4-2-3-5-10-8;2*1-6-4-7(12-11-6)8-5-9-2-3-10-8;1-6-10-8(12-11-6)7-4-2-3-5-9-7;;;;;/h2*4-7,10-11,14H,8-9H2,1-3H3;1-5H;4*2-6H,1H3;3*2-5H,1H3;;;;;/q10*-1;5*+2. The Morgan fingerprint density at radius 1 is 0.267 bits per heavy atom. The zero-order valence-corrected chi connectivity index (χ0v) is 94.6. The zero-order valence-electron chi connectivity index (χ0n) is 83.2. The minimum absolute atomic E-state index is 0. The first kappa shape index (κ1) is 114. The molecule has 0 spiro atoms. The minimum atomic E-state index is -4.46. The molecule has 20 aromatic heterocycles. The van der Waals surface area contributed by atoms with Gasteiger partial charge in [0.15, 0.2) is 0 Å². The van der Waals surface area contributed by atoms with Crippen molar-refractivity contribution in [3.63, 3.8) is 0 Å². The Kier molecular flexibility index (Phi) is 39.4. The van der Waals surface area contributed by atoms with Gasteiger partial charge >= 0.3 is 112 Å². The fraction of sp³-hybridized carbons (Fsp3) is 0.220. The van der Waals surface area contributed by atoms with E-state index < -0.39 is 11.9 Å². The molecule has 2 aromatic carbocycles. The smallest absolute Gasteiger partial charge is 0.574 e. The summed E-state index contributed by atoms with van der Waals surface area (Å²) in [5.74, 6) is 2.38. The van der Waals surface area contributed by atoms with Crippen LogP contribution in [0.2, 0.25) is 0 Å². The molecule has 26 rings (SSSR count). The number of alkyl halides is 3. The first-order chi connectivity index (χ1) is 70.1. The van der Waals surface area contributed by atoms with Crippen LogP contribution in [0.15, 0.2) is 299 Å². The summed E-state index contributed by atoms with van der Waals surface area (Å²) in [6.45, 7) is 27.6. The number of pyridine rings is 8. The molecule has 2 saturated carbocycles. The van der Waals surface area contributed by atoms with E-state index in [0.29, 0.717) is 29.2 Å². The summed E-state index contributed by atoms with van der Waals surface area (Å²) in [6, 6.07) is 66.8. The minimum Gasteiger partial charge on any atom is -0.574 e. The Hall–Kier alpha value is -14.4. The molecule has 0 radical (unpaired) electrons. The third kappa shape index (κ3) is 26.9. The van der Waals surface area contributed by atoms with Crippen molar-refractivity contribution in [2.24, 2.45) is 10.8 Å². The van der Waals surface area contributed by atoms with Gasteiger partial charge in [-0.15, -0.1) is 0 Å². The van der Waals surface area contributed by atoms with Gasteiger partial charge in [0.25, 0.3) is 0 Å². The molecular formula is C109H98F3N33Pt5. The van der Waals surface area contributed by atoms with Gasteiger partial charge in [-0.3, -0.25) is 64.9 Å². The topological polar surface area (TPSA) is 437 Å². The molecule has 770 valence electrons. The fourth-order valence-corrected chi connectivity index (χ4v) is 17.8. The molecule has 0 amide bonds. The molecule has 22 aromatic rings. The first-order valence-corrected chi connectivity index (χ1v) is 46.7. The summed E-state index contributed by atoms with van der Waals surface area (Å²) >= 11 is 0. The summed E-state index contributed by atoms with van der Waals surface area (Å²) in [6.07, 6.45) is 24.4. The molecular weight excluding hydrogens is 2800 g/mol. The van der Waals surface area contributed by atoms with E-state index in [0.717, 1.165) is 137 Å². The van der Waals surface area contributed by atoms with Gasteiger partial charge in [-0.1, -0.05) is 214 Å². The first-order valence-electron chi connectivity index (χ1n) is 46.7. The SMILES string of the molecule is CC12CCC(c3c1n[n-]c3-c1cc3ccccc3cn1)C2(C)C.CC12CCC(c3c1n[n-]c3-c1cc3ccccc3cn1)C2(C)C.Cc1cc(-c2ccccn2)[n-]n1.Cc1cc(-c2ccccn2)[n-]n1.Cc1cc(-c2ccccn2)[n-]n1.Cc1cc(-c2ccccn2)[n-]n1.Cc1cc(-c2cnccn2)[n-]n1.Cc1cc(-c2cnccn2)[n-]n1.Cc1n[n-]c(-c2ccccn2)n1.FC(F)(F)c1cc(-c2ccccn2)[n-]n1.[Pt+2].[Pt+2].[Pt+2].[Pt+2].[Pt+2]. The van der Waals surface area contributed by atoms with Crippen molar-refractivity contribution in [2.75, 3.05) is 0 Å². The number of rotatable bonds is 10. The molecule has 4 aliphatic carbocycles. The molecule has 4 bridgehead atoms. The number of nitrogens with zero attached hydrogens (tertiary/aromatic N) is 33. The summed E-state index contributed by atoms with van der Waals surface area (Å²) < 4.78 is 36.6. The van der Waals surface area contributed by atoms with E-state index in [1.165, 1.54) is 75.9 Å². The van der Waals surface area contributed by atoms with Crippen molar-refractivity contribution in [3.05, 3.63) is 367 Å². The van der Waals surface area contributed by atoms with Crippen LogP contribution in [0.3, 0.4) is 0 Å². The van der Waals surface area contributed by atoms with E-state index in [-0.39, 0.29) is 133 Å². The van der Waals surface area contributed by atoms with Gasteiger partial charge < -0.3 is 102 Å². The molecule has 41 heteroatoms. The van der Waals surface area contributed by atoms with Crippen molar-refractivity contribution in [1.29, 1.82) is 0 Å². The maximum absolute atomic E-state index is 12.2. The van der Waals surface area contributed by atoms with Gasteiger partial charge in [0, 0.05) is 176 Å². The van der Waals surface area contributed by atoms with E-state index in [9.17, 15) is 13.2 Å². The average molecular weight is 2900 g/mol. The van der Waals surface area contributed by atoms with Gasteiger partial charge in [-0.05, 0) is 216 Å². The van der Waals surface area contributed by atoms with Gasteiger partial charge in [-0.2, -0.15) is 13.2 Å². The van der Waals surface area contributed by atoms with E-state index >= 15 is 0 Å². The monoisotopic (exact) mass is 2900 g/mol. The van der Waals surface area contributed by atoms with Crippen LogP contribution in [-0.4, -0.2) is 116 Å². The van der Waals surface area contributed by atoms with Gasteiger partial charge in [0.05, 0.1) is 40.9 Å². The van der Waals surface area contributed by atoms with E-state index in [2.05, 4.69) is 257 Å². The number of halogens is 3. The van der Waals surface area contributed by atoms with Gasteiger partial charge in [0.2, 0.25) is 0 Å². The van der Waals surface area contributed by atoms with Crippen molar-refractivity contribution in [2.45, 2.75) is 145 Å². The second kappa shape index (κ2) is 51.7. The van der Waals surface area contributed by atoms with Crippen LogP contribution in [0.5, 0.6) is 0 Å². The number of benzene rings is 2. The molecule has 4 atom stereocenters. The molecule has 150 heavy (non-hydrogen) atoms. The van der Waals surface area contributed by atoms with E-state index in [1.807, 2.05) is 193 Å². The summed E-state index contributed by atoms with van der Waals surface area (Å²) in [5, 5.41) is 84.3. The third-order valence-electron chi connectivity index (χ3n) is 26.0. The van der Waals surface area contributed by atoms with E-state index in [4.69, 9.17) is 0 Å². The Balaban J connectivity index is 0.000000149. The molecule has 20 heterocycles. The zero-order chi connectivity index (χ0) is 101. The van der Waals surface area contributed by atoms with Crippen LogP contribution in [0.4, 0.5) is 13.2 Å². The number of hydrogen-bond donors (Lipinski definition) is 0. The Morgan fingerprint density at radius 3 is 0.820 bits per heavy atom. The van der Waals surface area contributed by atoms with Crippen LogP contribution >= 0.6 is 0 Å². The predicted molar refractivity (Wildman–Crippen MR) is 541 cm³/mol. The summed E-state index contributed by atoms with van der Waals surface area (Å²) in [7, 11) is 0. The summed E-state index contributed by atoms with van der Waals surface area (Å²) in [5.41, 5.74) is 25.7. The van der Waals surface area contributed by atoms with Crippen LogP contribution in [0.1, 0.15) is 147 Å². The second-order valence-corrected chi connectivity index (χ2v) is 36.2. The van der Waals surface area contributed by atoms with Gasteiger partial charge in [-0.25, -0.2) is 0 Å². The number of aromatic nitrogens is 33. The van der Waals surface area contributed by atoms with Crippen LogP contribution in [-0.2, 0) is 122 Å². The largest absolute Gasteiger partial charge is 2.00 e. The maximum Gasteiger partial charge on any atom is 2.00 e. The third-order valence-corrected chi connectivity index (χ3v) is 26.0. The molecule has 33 nitrogen and oxygen atoms in total. The second-order valence-electron chi connectivity index (χ2n) is 36.2. The molecule has 0 aliphatic heterocycles. The Labute approximate surface area is 935 Å². The van der Waals surface area contributed by atoms with Gasteiger partial charge in [0.1, 0.15) is 5.69 Å². The Bertz CT molecular complexity index is 7040. The molecule has 4 unspecified atom stereocenters. The van der Waals surface area contributed by atoms with Crippen LogP contribution in [0, 0.1) is 59.3 Å². The normalized spacial score (nSPS) is 15.3. The predicted octanol–water partition coefficient (Wildman–Crippen LogP) is 19.0. The van der Waals surface area contributed by atoms with Crippen molar-refractivity contribution in [1.82, 2.24) is 167 Å². The molecule has 0 N–H and O–H groups in total. The van der Waals surface area contributed by atoms with Crippen LogP contribution < -0.4 is 51.0 Å². The Morgan fingerprint density at radius 2 is 0.553 bits per heavy atom. The quantitative estimate of drug-likeness (QED) is 0.123. The number of hydrogen-bond acceptors (Lipinski definition) is 23. The molecule has 2 fully saturated rings. The number of fused-ring (bicyclic) bond motifs is 12. The van der Waals surface area contributed by atoms with Crippen molar-refractivity contribution in [3.8, 4) is 114 Å². The summed E-state index contributed by atoms with van der Waals surface area (Å²) in [4.78, 5) is 54.1. The molecule has 0 saturated heterocycles. The number of aryl methyl sites for hydroxylation is 7. The van der Waals surface area contributed by atoms with E-state index in [1.54, 1.807) is 93.3 Å². The average Bonchev–Trinajstić information content (AvgIpc) is 1.52. The fourth-order valence-electron chi connectivity index (χ4n) is 17.8. The van der Waals surface area contributed by atoms with Crippen LogP contribution in [0.25, 0.3) is 136 Å². The van der Waals surface area contributed by atoms with Crippen molar-refractivity contribution >= 4 is 21.5 Å². The van der Waals surface area contributed by atoms with Crippen molar-refractivity contribution < 1.29 is 118 Å². The molecule has 4 aliphatic rings. The maximum atomic E-state index is 12.2.